The normalized spacial score (nSPS) is 14.9. The smallest absolute Gasteiger partial charge is 0.320 e. The van der Waals surface area contributed by atoms with Crippen LogP contribution in [0.15, 0.2) is 36.4 Å². The highest BCUT2D eigenvalue weighted by Crippen LogP contribution is 2.18. The number of anilines is 3. The SMILES string of the molecule is O=C(Nc1ccc(Nc2ccc(F)cc2)nn1)NC1CCCCC1. The van der Waals surface area contributed by atoms with E-state index < -0.39 is 0 Å². The molecule has 24 heavy (non-hydrogen) atoms. The van der Waals surface area contributed by atoms with Crippen molar-refractivity contribution in [3.8, 4) is 0 Å². The molecule has 2 aromatic rings. The molecule has 1 aromatic carbocycles. The zero-order valence-electron chi connectivity index (χ0n) is 13.3. The summed E-state index contributed by atoms with van der Waals surface area (Å²) in [4.78, 5) is 11.9. The highest BCUT2D eigenvalue weighted by atomic mass is 19.1. The molecule has 7 heteroatoms. The minimum Gasteiger partial charge on any atom is -0.339 e. The molecule has 0 spiro atoms. The van der Waals surface area contributed by atoms with Gasteiger partial charge >= 0.3 is 6.03 Å². The van der Waals surface area contributed by atoms with Gasteiger partial charge in [-0.2, -0.15) is 0 Å². The molecule has 0 atom stereocenters. The molecule has 6 nitrogen and oxygen atoms in total. The summed E-state index contributed by atoms with van der Waals surface area (Å²) in [6.45, 7) is 0. The van der Waals surface area contributed by atoms with Crippen LogP contribution in [-0.2, 0) is 0 Å². The lowest BCUT2D eigenvalue weighted by Gasteiger charge is -2.22. The highest BCUT2D eigenvalue weighted by Gasteiger charge is 2.15. The van der Waals surface area contributed by atoms with Gasteiger partial charge in [0.05, 0.1) is 0 Å². The average Bonchev–Trinajstić information content (AvgIpc) is 2.59. The van der Waals surface area contributed by atoms with Crippen molar-refractivity contribution in [1.82, 2.24) is 15.5 Å². The largest absolute Gasteiger partial charge is 0.339 e. The van der Waals surface area contributed by atoms with Gasteiger partial charge in [0.1, 0.15) is 5.82 Å². The summed E-state index contributed by atoms with van der Waals surface area (Å²) in [5, 5.41) is 16.6. The summed E-state index contributed by atoms with van der Waals surface area (Å²) in [6, 6.07) is 9.30. The van der Waals surface area contributed by atoms with E-state index in [-0.39, 0.29) is 17.9 Å². The van der Waals surface area contributed by atoms with Crippen LogP contribution in [0.3, 0.4) is 0 Å². The second kappa shape index (κ2) is 7.72. The van der Waals surface area contributed by atoms with Gasteiger partial charge in [-0.1, -0.05) is 19.3 Å². The molecule has 0 unspecified atom stereocenters. The lowest BCUT2D eigenvalue weighted by atomic mass is 9.96. The van der Waals surface area contributed by atoms with Crippen LogP contribution in [0.1, 0.15) is 32.1 Å². The van der Waals surface area contributed by atoms with Crippen LogP contribution >= 0.6 is 0 Å². The van der Waals surface area contributed by atoms with Crippen molar-refractivity contribution < 1.29 is 9.18 Å². The molecular formula is C17H20FN5O. The van der Waals surface area contributed by atoms with Crippen molar-refractivity contribution in [3.05, 3.63) is 42.2 Å². The van der Waals surface area contributed by atoms with Gasteiger partial charge in [0, 0.05) is 11.7 Å². The van der Waals surface area contributed by atoms with Crippen molar-refractivity contribution in [3.63, 3.8) is 0 Å². The molecule has 1 heterocycles. The van der Waals surface area contributed by atoms with E-state index in [1.165, 1.54) is 18.6 Å². The molecule has 126 valence electrons. The maximum atomic E-state index is 12.9. The summed E-state index contributed by atoms with van der Waals surface area (Å²) in [7, 11) is 0. The molecule has 0 radical (unpaired) electrons. The van der Waals surface area contributed by atoms with Crippen molar-refractivity contribution in [1.29, 1.82) is 0 Å². The Balaban J connectivity index is 1.52. The Kier molecular flexibility index (Phi) is 5.20. The number of rotatable bonds is 4. The fraction of sp³-hybridized carbons (Fsp3) is 0.353. The van der Waals surface area contributed by atoms with E-state index in [1.54, 1.807) is 24.3 Å². The summed E-state index contributed by atoms with van der Waals surface area (Å²) in [5.74, 6) is 0.600. The van der Waals surface area contributed by atoms with E-state index in [9.17, 15) is 9.18 Å². The number of hydrogen-bond acceptors (Lipinski definition) is 4. The fourth-order valence-electron chi connectivity index (χ4n) is 2.73. The van der Waals surface area contributed by atoms with Gasteiger partial charge < -0.3 is 10.6 Å². The molecule has 1 aliphatic carbocycles. The van der Waals surface area contributed by atoms with Gasteiger partial charge in [-0.15, -0.1) is 10.2 Å². The van der Waals surface area contributed by atoms with Crippen molar-refractivity contribution >= 4 is 23.4 Å². The number of nitrogens with zero attached hydrogens (tertiary/aromatic N) is 2. The number of hydrogen-bond donors (Lipinski definition) is 3. The quantitative estimate of drug-likeness (QED) is 0.797. The van der Waals surface area contributed by atoms with E-state index in [1.807, 2.05) is 0 Å². The summed E-state index contributed by atoms with van der Waals surface area (Å²) in [5.41, 5.74) is 0.710. The van der Waals surface area contributed by atoms with Crippen molar-refractivity contribution in [2.24, 2.45) is 0 Å². The van der Waals surface area contributed by atoms with Crippen LogP contribution in [0.2, 0.25) is 0 Å². The molecule has 3 rings (SSSR count). The van der Waals surface area contributed by atoms with Gasteiger partial charge in [0.15, 0.2) is 11.6 Å². The standard InChI is InChI=1S/C17H20FN5O/c18-12-6-8-14(9-7-12)19-15-10-11-16(23-22-15)21-17(24)20-13-4-2-1-3-5-13/h6-11,13H,1-5H2,(H,19,22)(H2,20,21,23,24). The predicted molar refractivity (Wildman–Crippen MR) is 90.7 cm³/mol. The second-order valence-corrected chi connectivity index (χ2v) is 5.87. The van der Waals surface area contributed by atoms with E-state index >= 15 is 0 Å². The lowest BCUT2D eigenvalue weighted by molar-refractivity contribution is 0.244. The Hall–Kier alpha value is -2.70. The van der Waals surface area contributed by atoms with Crippen molar-refractivity contribution in [2.45, 2.75) is 38.1 Å². The summed E-state index contributed by atoms with van der Waals surface area (Å²) >= 11 is 0. The molecule has 0 saturated heterocycles. The Morgan fingerprint density at radius 3 is 2.29 bits per heavy atom. The summed E-state index contributed by atoms with van der Waals surface area (Å²) in [6.07, 6.45) is 5.62. The first-order valence-corrected chi connectivity index (χ1v) is 8.13. The molecule has 3 N–H and O–H groups in total. The Morgan fingerprint density at radius 1 is 0.958 bits per heavy atom. The van der Waals surface area contributed by atoms with Crippen LogP contribution in [0.25, 0.3) is 0 Å². The topological polar surface area (TPSA) is 78.9 Å². The molecular weight excluding hydrogens is 309 g/mol. The third kappa shape index (κ3) is 4.65. The Labute approximate surface area is 139 Å². The molecule has 1 saturated carbocycles. The monoisotopic (exact) mass is 329 g/mol. The number of carbonyl (C=O) groups is 1. The predicted octanol–water partition coefficient (Wildman–Crippen LogP) is 3.81. The van der Waals surface area contributed by atoms with E-state index in [4.69, 9.17) is 0 Å². The van der Waals surface area contributed by atoms with E-state index in [2.05, 4.69) is 26.1 Å². The second-order valence-electron chi connectivity index (χ2n) is 5.87. The van der Waals surface area contributed by atoms with Gasteiger partial charge in [-0.3, -0.25) is 5.32 Å². The average molecular weight is 329 g/mol. The first kappa shape index (κ1) is 16.2. The number of nitrogens with one attached hydrogen (secondary N) is 3. The first-order chi connectivity index (χ1) is 11.7. The Bertz CT molecular complexity index is 668. The fourth-order valence-corrected chi connectivity index (χ4v) is 2.73. The van der Waals surface area contributed by atoms with Gasteiger partial charge in [-0.25, -0.2) is 9.18 Å². The summed E-state index contributed by atoms with van der Waals surface area (Å²) < 4.78 is 12.9. The van der Waals surface area contributed by atoms with Crippen LogP contribution in [0, 0.1) is 5.82 Å². The number of urea groups is 1. The van der Waals surface area contributed by atoms with E-state index in [0.717, 1.165) is 25.7 Å². The van der Waals surface area contributed by atoms with Crippen LogP contribution in [0.5, 0.6) is 0 Å². The van der Waals surface area contributed by atoms with Gasteiger partial charge in [0.2, 0.25) is 0 Å². The van der Waals surface area contributed by atoms with Crippen LogP contribution < -0.4 is 16.0 Å². The minimum atomic E-state index is -0.296. The lowest BCUT2D eigenvalue weighted by Crippen LogP contribution is -2.39. The third-order valence-corrected chi connectivity index (χ3v) is 3.96. The van der Waals surface area contributed by atoms with E-state index in [0.29, 0.717) is 17.3 Å². The van der Waals surface area contributed by atoms with Gasteiger partial charge in [0.25, 0.3) is 0 Å². The third-order valence-electron chi connectivity index (χ3n) is 3.96. The highest BCUT2D eigenvalue weighted by molar-refractivity contribution is 5.88. The molecule has 0 bridgehead atoms. The van der Waals surface area contributed by atoms with Crippen LogP contribution in [-0.4, -0.2) is 22.3 Å². The number of aromatic nitrogens is 2. The molecule has 2 amide bonds. The van der Waals surface area contributed by atoms with Crippen LogP contribution in [0.4, 0.5) is 26.5 Å². The first-order valence-electron chi connectivity index (χ1n) is 8.13. The number of benzene rings is 1. The van der Waals surface area contributed by atoms with Gasteiger partial charge in [-0.05, 0) is 49.2 Å². The molecule has 1 fully saturated rings. The maximum absolute atomic E-state index is 12.9. The minimum absolute atomic E-state index is 0.242. The zero-order valence-corrected chi connectivity index (χ0v) is 13.3. The number of amides is 2. The number of carbonyl (C=O) groups excluding carboxylic acids is 1. The maximum Gasteiger partial charge on any atom is 0.320 e. The number of halogens is 1. The molecule has 1 aliphatic rings. The molecule has 1 aromatic heterocycles. The Morgan fingerprint density at radius 2 is 1.62 bits per heavy atom. The van der Waals surface area contributed by atoms with Crippen molar-refractivity contribution in [2.75, 3.05) is 10.6 Å². The molecule has 0 aliphatic heterocycles. The zero-order chi connectivity index (χ0) is 16.8.